The van der Waals surface area contributed by atoms with Crippen LogP contribution in [0.15, 0.2) is 52.2 Å². The van der Waals surface area contributed by atoms with Gasteiger partial charge in [0.15, 0.2) is 5.65 Å². The number of carbonyl (C=O) groups excluding carboxylic acids is 1. The average Bonchev–Trinajstić information content (AvgIpc) is 3.30. The molecule has 3 N–H and O–H groups in total. The van der Waals surface area contributed by atoms with Crippen molar-refractivity contribution in [3.63, 3.8) is 0 Å². The minimum absolute atomic E-state index is 0.142. The fourth-order valence-corrected chi connectivity index (χ4v) is 2.82. The van der Waals surface area contributed by atoms with Gasteiger partial charge in [-0.2, -0.15) is 9.78 Å². The van der Waals surface area contributed by atoms with Gasteiger partial charge in [0.25, 0.3) is 5.91 Å². The predicted molar refractivity (Wildman–Crippen MR) is 105 cm³/mol. The predicted octanol–water partition coefficient (Wildman–Crippen LogP) is 2.02. The molecule has 0 bridgehead atoms. The van der Waals surface area contributed by atoms with Crippen LogP contribution in [-0.4, -0.2) is 47.0 Å². The zero-order valence-corrected chi connectivity index (χ0v) is 15.1. The number of anilines is 1. The smallest absolute Gasteiger partial charge is 0.257 e. The minimum Gasteiger partial charge on any atom is -0.463 e. The number of para-hydroxylation sites is 2. The van der Waals surface area contributed by atoms with Crippen LogP contribution in [0.3, 0.4) is 0 Å². The molecule has 0 radical (unpaired) electrons. The number of carbonyl (C=O) groups is 1. The largest absolute Gasteiger partial charge is 0.463 e. The summed E-state index contributed by atoms with van der Waals surface area (Å²) in [5.41, 5.74) is 8.59. The van der Waals surface area contributed by atoms with Gasteiger partial charge in [0.2, 0.25) is 0 Å². The topological polar surface area (TPSA) is 121 Å². The number of hydrogen-bond donors (Lipinski definition) is 2. The molecule has 0 aliphatic heterocycles. The molecule has 9 nitrogen and oxygen atoms in total. The Kier molecular flexibility index (Phi) is 4.73. The molecule has 4 rings (SSSR count). The van der Waals surface area contributed by atoms with Gasteiger partial charge in [0.05, 0.1) is 30.1 Å². The fourth-order valence-electron chi connectivity index (χ4n) is 2.82. The van der Waals surface area contributed by atoms with Crippen LogP contribution in [0.1, 0.15) is 16.1 Å². The monoisotopic (exact) mass is 378 g/mol. The molecule has 1 aromatic carbocycles. The van der Waals surface area contributed by atoms with Crippen LogP contribution in [0.5, 0.6) is 0 Å². The molecule has 0 saturated heterocycles. The number of nitrogen functional groups attached to an aromatic ring is 1. The van der Waals surface area contributed by atoms with Crippen molar-refractivity contribution >= 4 is 40.1 Å². The standard InChI is InChI=1S/C19H18N6O3/c1-27-10-8-21-19(26)15-16-18(24-14-7-3-2-6-13(14)23-16)25(17(15)20)22-11-12-5-4-9-28-12/h2-7,9,11H,8,10,20H2,1H3,(H,21,26)/b22-11-. The van der Waals surface area contributed by atoms with E-state index in [4.69, 9.17) is 14.9 Å². The van der Waals surface area contributed by atoms with E-state index in [1.54, 1.807) is 25.5 Å². The van der Waals surface area contributed by atoms with Crippen LogP contribution in [0.4, 0.5) is 5.82 Å². The Bertz CT molecular complexity index is 1160. The Morgan fingerprint density at radius 3 is 2.79 bits per heavy atom. The molecule has 3 heterocycles. The van der Waals surface area contributed by atoms with Crippen molar-refractivity contribution in [2.45, 2.75) is 0 Å². The van der Waals surface area contributed by atoms with Gasteiger partial charge in [-0.3, -0.25) is 4.79 Å². The van der Waals surface area contributed by atoms with Crippen molar-refractivity contribution < 1.29 is 13.9 Å². The number of methoxy groups -OCH3 is 1. The Morgan fingerprint density at radius 2 is 2.07 bits per heavy atom. The molecule has 0 aliphatic rings. The van der Waals surface area contributed by atoms with E-state index in [0.717, 1.165) is 0 Å². The summed E-state index contributed by atoms with van der Waals surface area (Å²) >= 11 is 0. The maximum atomic E-state index is 12.7. The maximum absolute atomic E-state index is 12.7. The molecule has 28 heavy (non-hydrogen) atoms. The van der Waals surface area contributed by atoms with Gasteiger partial charge in [-0.25, -0.2) is 9.97 Å². The summed E-state index contributed by atoms with van der Waals surface area (Å²) in [6.07, 6.45) is 3.04. The van der Waals surface area contributed by atoms with Crippen molar-refractivity contribution in [1.82, 2.24) is 20.0 Å². The Morgan fingerprint density at radius 1 is 1.29 bits per heavy atom. The van der Waals surface area contributed by atoms with Crippen LogP contribution in [0, 0.1) is 0 Å². The molecule has 0 fully saturated rings. The fraction of sp³-hybridized carbons (Fsp3) is 0.158. The molecular weight excluding hydrogens is 360 g/mol. The van der Waals surface area contributed by atoms with E-state index in [-0.39, 0.29) is 17.3 Å². The van der Waals surface area contributed by atoms with E-state index in [1.165, 1.54) is 10.9 Å². The number of amides is 1. The second kappa shape index (κ2) is 7.49. The van der Waals surface area contributed by atoms with Crippen LogP contribution < -0.4 is 11.1 Å². The van der Waals surface area contributed by atoms with E-state index < -0.39 is 0 Å². The number of nitrogens with two attached hydrogens (primary N) is 1. The SMILES string of the molecule is COCCNC(=O)c1c(N)n(/N=C\c2ccco2)c2nc3ccccc3nc12. The van der Waals surface area contributed by atoms with Crippen molar-refractivity contribution in [1.29, 1.82) is 0 Å². The molecule has 1 amide bonds. The summed E-state index contributed by atoms with van der Waals surface area (Å²) in [5, 5.41) is 7.12. The van der Waals surface area contributed by atoms with Crippen LogP contribution >= 0.6 is 0 Å². The highest BCUT2D eigenvalue weighted by Gasteiger charge is 2.23. The number of benzene rings is 1. The first-order chi connectivity index (χ1) is 13.7. The molecule has 4 aromatic rings. The summed E-state index contributed by atoms with van der Waals surface area (Å²) < 4.78 is 11.6. The molecular formula is C19H18N6O3. The number of furan rings is 1. The zero-order valence-electron chi connectivity index (χ0n) is 15.1. The lowest BCUT2D eigenvalue weighted by molar-refractivity contribution is 0.0939. The molecule has 0 aliphatic carbocycles. The summed E-state index contributed by atoms with van der Waals surface area (Å²) in [4.78, 5) is 21.9. The Hall–Kier alpha value is -3.72. The van der Waals surface area contributed by atoms with Gasteiger partial charge in [-0.15, -0.1) is 0 Å². The lowest BCUT2D eigenvalue weighted by atomic mass is 10.2. The average molecular weight is 378 g/mol. The third kappa shape index (κ3) is 3.19. The minimum atomic E-state index is -0.365. The second-order valence-corrected chi connectivity index (χ2v) is 5.97. The first-order valence-electron chi connectivity index (χ1n) is 8.60. The van der Waals surface area contributed by atoms with Gasteiger partial charge < -0.3 is 20.2 Å². The van der Waals surface area contributed by atoms with E-state index in [9.17, 15) is 4.79 Å². The van der Waals surface area contributed by atoms with E-state index >= 15 is 0 Å². The zero-order chi connectivity index (χ0) is 19.5. The highest BCUT2D eigenvalue weighted by Crippen LogP contribution is 2.27. The third-order valence-corrected chi connectivity index (χ3v) is 4.14. The lowest BCUT2D eigenvalue weighted by Gasteiger charge is -2.04. The van der Waals surface area contributed by atoms with E-state index in [2.05, 4.69) is 20.4 Å². The molecule has 0 spiro atoms. The van der Waals surface area contributed by atoms with Crippen LogP contribution in [0.2, 0.25) is 0 Å². The number of fused-ring (bicyclic) bond motifs is 2. The quantitative estimate of drug-likeness (QED) is 0.391. The molecule has 0 atom stereocenters. The molecule has 0 unspecified atom stereocenters. The third-order valence-electron chi connectivity index (χ3n) is 4.14. The van der Waals surface area contributed by atoms with Crippen molar-refractivity contribution in [2.75, 3.05) is 26.0 Å². The number of rotatable bonds is 6. The summed E-state index contributed by atoms with van der Waals surface area (Å²) in [7, 11) is 1.56. The van der Waals surface area contributed by atoms with Gasteiger partial charge in [-0.1, -0.05) is 12.1 Å². The van der Waals surface area contributed by atoms with Gasteiger partial charge in [0, 0.05) is 13.7 Å². The van der Waals surface area contributed by atoms with E-state index in [1.807, 2.05) is 24.3 Å². The number of aromatic nitrogens is 3. The lowest BCUT2D eigenvalue weighted by Crippen LogP contribution is -2.27. The first kappa shape index (κ1) is 17.7. The van der Waals surface area contributed by atoms with Crippen molar-refractivity contribution in [3.05, 3.63) is 54.0 Å². The van der Waals surface area contributed by atoms with Gasteiger partial charge in [0.1, 0.15) is 22.7 Å². The summed E-state index contributed by atoms with van der Waals surface area (Å²) in [6, 6.07) is 10.9. The second-order valence-electron chi connectivity index (χ2n) is 5.97. The van der Waals surface area contributed by atoms with Crippen LogP contribution in [0.25, 0.3) is 22.2 Å². The summed E-state index contributed by atoms with van der Waals surface area (Å²) in [5.74, 6) is 0.320. The van der Waals surface area contributed by atoms with Crippen molar-refractivity contribution in [3.8, 4) is 0 Å². The summed E-state index contributed by atoms with van der Waals surface area (Å²) in [6.45, 7) is 0.730. The highest BCUT2D eigenvalue weighted by molar-refractivity contribution is 6.10. The van der Waals surface area contributed by atoms with E-state index in [0.29, 0.717) is 41.1 Å². The first-order valence-corrected chi connectivity index (χ1v) is 8.60. The number of nitrogens with zero attached hydrogens (tertiary/aromatic N) is 4. The molecule has 142 valence electrons. The molecule has 9 heteroatoms. The Balaban J connectivity index is 1.88. The van der Waals surface area contributed by atoms with Crippen LogP contribution in [-0.2, 0) is 4.74 Å². The number of ether oxygens (including phenoxy) is 1. The molecule has 0 saturated carbocycles. The number of nitrogens with one attached hydrogen (secondary N) is 1. The van der Waals surface area contributed by atoms with Crippen molar-refractivity contribution in [2.24, 2.45) is 5.10 Å². The Labute approximate surface area is 159 Å². The van der Waals surface area contributed by atoms with Gasteiger partial charge >= 0.3 is 0 Å². The van der Waals surface area contributed by atoms with Gasteiger partial charge in [-0.05, 0) is 24.3 Å². The molecule has 3 aromatic heterocycles. The normalized spacial score (nSPS) is 11.6. The number of hydrogen-bond acceptors (Lipinski definition) is 7. The highest BCUT2D eigenvalue weighted by atomic mass is 16.5. The maximum Gasteiger partial charge on any atom is 0.257 e.